The van der Waals surface area contributed by atoms with Crippen molar-refractivity contribution in [2.45, 2.75) is 0 Å². The van der Waals surface area contributed by atoms with Gasteiger partial charge in [-0.25, -0.2) is 0 Å². The first-order chi connectivity index (χ1) is 5.43. The Kier molecular flexibility index (Phi) is 8.03. The van der Waals surface area contributed by atoms with Crippen LogP contribution in [0.3, 0.4) is 0 Å². The Morgan fingerprint density at radius 1 is 1.50 bits per heavy atom. The van der Waals surface area contributed by atoms with Crippen molar-refractivity contribution < 1.29 is 4.74 Å². The maximum atomic E-state index is 8.27. The van der Waals surface area contributed by atoms with E-state index in [1.165, 1.54) is 0 Å². The summed E-state index contributed by atoms with van der Waals surface area (Å²) in [4.78, 5) is 0. The fraction of sp³-hybridized carbons (Fsp3) is 0.111. The zero-order valence-corrected chi connectivity index (χ0v) is 11.1. The van der Waals surface area contributed by atoms with Gasteiger partial charge in [-0.05, 0) is 0 Å². The zero-order valence-electron chi connectivity index (χ0n) is 6.66. The minimum atomic E-state index is 0. The Morgan fingerprint density at radius 2 is 2.00 bits per heavy atom. The normalized spacial score (nSPS) is 11.2. The number of hydrogen-bond donors (Lipinski definition) is 0. The second-order valence-corrected chi connectivity index (χ2v) is 1.90. The first-order valence-corrected chi connectivity index (χ1v) is 3.23. The third-order valence-electron chi connectivity index (χ3n) is 1.01. The van der Waals surface area contributed by atoms with Crippen LogP contribution in [0.15, 0.2) is 24.3 Å². The summed E-state index contributed by atoms with van der Waals surface area (Å²) in [5.41, 5.74) is 0.684. The van der Waals surface area contributed by atoms with E-state index in [9.17, 15) is 0 Å². The van der Waals surface area contributed by atoms with Crippen molar-refractivity contribution in [1.29, 1.82) is 5.26 Å². The molecule has 1 saturated heterocycles. The van der Waals surface area contributed by atoms with E-state index in [0.717, 1.165) is 6.61 Å². The van der Waals surface area contributed by atoms with Gasteiger partial charge in [-0.2, -0.15) is 42.2 Å². The Bertz CT molecular complexity index is 238. The quantitative estimate of drug-likeness (QED) is 0.407. The maximum Gasteiger partial charge on any atom is 2.00 e. The molecule has 0 N–H and O–H groups in total. The molecule has 0 aliphatic carbocycles. The van der Waals surface area contributed by atoms with E-state index in [0.29, 0.717) is 5.56 Å². The summed E-state index contributed by atoms with van der Waals surface area (Å²) in [6.45, 7) is 2.62. The van der Waals surface area contributed by atoms with Gasteiger partial charge in [0.05, 0.1) is 6.07 Å². The second kappa shape index (κ2) is 7.87. The van der Waals surface area contributed by atoms with Gasteiger partial charge in [0.15, 0.2) is 0 Å². The van der Waals surface area contributed by atoms with E-state index in [2.05, 4.69) is 10.8 Å². The summed E-state index contributed by atoms with van der Waals surface area (Å²) in [5, 5.41) is 8.27. The van der Waals surface area contributed by atoms with Gasteiger partial charge >= 0.3 is 48.9 Å². The van der Waals surface area contributed by atoms with Crippen LogP contribution in [0.4, 0.5) is 0 Å². The van der Waals surface area contributed by atoms with Gasteiger partial charge in [0, 0.05) is 0 Å². The second-order valence-electron chi connectivity index (χ2n) is 1.90. The summed E-state index contributed by atoms with van der Waals surface area (Å²) in [6.07, 6.45) is 0. The SMILES string of the molecule is N#Cc1cc[c-]cc1.[Ba+2].[CH-]1CO1. The molecular weight excluding hydrogens is 275 g/mol. The smallest absolute Gasteiger partial charge is 0.574 e. The number of ether oxygens (including phenoxy) is 1. The van der Waals surface area contributed by atoms with Gasteiger partial charge in [0.1, 0.15) is 0 Å². The number of rotatable bonds is 0. The van der Waals surface area contributed by atoms with Crippen molar-refractivity contribution in [2.24, 2.45) is 0 Å². The van der Waals surface area contributed by atoms with E-state index < -0.39 is 0 Å². The Hall–Kier alpha value is 0.241. The predicted octanol–water partition coefficient (Wildman–Crippen LogP) is 1.16. The fourth-order valence-corrected chi connectivity index (χ4v) is 0.461. The molecule has 1 aromatic carbocycles. The first-order valence-electron chi connectivity index (χ1n) is 3.23. The van der Waals surface area contributed by atoms with Crippen molar-refractivity contribution in [3.63, 3.8) is 0 Å². The molecular formula is C9H7BaNO. The first kappa shape index (κ1) is 12.2. The summed E-state index contributed by atoms with van der Waals surface area (Å²) in [6, 6.07) is 11.7. The predicted molar refractivity (Wildman–Crippen MR) is 46.0 cm³/mol. The van der Waals surface area contributed by atoms with E-state index in [1.54, 1.807) is 30.9 Å². The molecule has 2 nitrogen and oxygen atoms in total. The van der Waals surface area contributed by atoms with Crippen molar-refractivity contribution in [3.05, 3.63) is 42.5 Å². The Labute approximate surface area is 113 Å². The minimum Gasteiger partial charge on any atom is -0.574 e. The van der Waals surface area contributed by atoms with Crippen LogP contribution in [0.2, 0.25) is 0 Å². The average molecular weight is 282 g/mol. The van der Waals surface area contributed by atoms with E-state index in [4.69, 9.17) is 5.26 Å². The number of benzene rings is 1. The molecule has 0 atom stereocenters. The summed E-state index contributed by atoms with van der Waals surface area (Å²) in [7, 11) is 0. The van der Waals surface area contributed by atoms with Crippen LogP contribution in [-0.4, -0.2) is 55.5 Å². The topological polar surface area (TPSA) is 36.3 Å². The molecule has 56 valence electrons. The van der Waals surface area contributed by atoms with Crippen molar-refractivity contribution in [2.75, 3.05) is 6.61 Å². The third kappa shape index (κ3) is 6.92. The molecule has 0 radical (unpaired) electrons. The standard InChI is InChI=1S/C7H4N.C2H3O.Ba/c8-6-7-4-2-1-3-5-7;1-2-3-1;/h2-5H;1H,2H2;/q2*-1;+2. The molecule has 0 aromatic heterocycles. The van der Waals surface area contributed by atoms with Gasteiger partial charge in [-0.3, -0.25) is 0 Å². The molecule has 1 heterocycles. The van der Waals surface area contributed by atoms with Crippen LogP contribution in [0.5, 0.6) is 0 Å². The van der Waals surface area contributed by atoms with E-state index in [-0.39, 0.29) is 48.9 Å². The van der Waals surface area contributed by atoms with Gasteiger partial charge < -0.3 is 4.74 Å². The number of epoxide rings is 1. The van der Waals surface area contributed by atoms with E-state index >= 15 is 0 Å². The van der Waals surface area contributed by atoms with Gasteiger partial charge in [0.2, 0.25) is 0 Å². The molecule has 0 spiro atoms. The molecule has 0 unspecified atom stereocenters. The third-order valence-corrected chi connectivity index (χ3v) is 1.01. The van der Waals surface area contributed by atoms with Crippen LogP contribution < -0.4 is 0 Å². The fourth-order valence-electron chi connectivity index (χ4n) is 0.461. The molecule has 0 amide bonds. The summed E-state index contributed by atoms with van der Waals surface area (Å²) >= 11 is 0. The largest absolute Gasteiger partial charge is 2.00 e. The summed E-state index contributed by atoms with van der Waals surface area (Å²) in [5.74, 6) is 0. The van der Waals surface area contributed by atoms with Gasteiger partial charge in [0.25, 0.3) is 0 Å². The average Bonchev–Trinajstić information content (AvgIpc) is 2.92. The minimum absolute atomic E-state index is 0. The zero-order chi connectivity index (χ0) is 7.94. The Morgan fingerprint density at radius 3 is 2.25 bits per heavy atom. The van der Waals surface area contributed by atoms with Crippen molar-refractivity contribution >= 4 is 48.9 Å². The summed E-state index contributed by atoms with van der Waals surface area (Å²) < 4.78 is 4.38. The maximum absolute atomic E-state index is 8.27. The van der Waals surface area contributed by atoms with Crippen LogP contribution in [0, 0.1) is 24.0 Å². The molecule has 3 heteroatoms. The van der Waals surface area contributed by atoms with Crippen LogP contribution in [-0.2, 0) is 4.74 Å². The molecule has 1 aliphatic heterocycles. The molecule has 0 bridgehead atoms. The molecule has 12 heavy (non-hydrogen) atoms. The van der Waals surface area contributed by atoms with Crippen molar-refractivity contribution in [3.8, 4) is 6.07 Å². The van der Waals surface area contributed by atoms with Crippen LogP contribution in [0.25, 0.3) is 0 Å². The number of hydrogen-bond acceptors (Lipinski definition) is 2. The van der Waals surface area contributed by atoms with E-state index in [1.807, 2.05) is 6.07 Å². The molecule has 2 rings (SSSR count). The molecule has 1 aromatic rings. The monoisotopic (exact) mass is 283 g/mol. The van der Waals surface area contributed by atoms with Crippen LogP contribution >= 0.6 is 0 Å². The van der Waals surface area contributed by atoms with Gasteiger partial charge in [-0.1, -0.05) is 12.2 Å². The van der Waals surface area contributed by atoms with Crippen LogP contribution in [0.1, 0.15) is 5.56 Å². The molecule has 1 aliphatic rings. The Balaban J connectivity index is 0.000000257. The molecule has 1 fully saturated rings. The van der Waals surface area contributed by atoms with Crippen molar-refractivity contribution in [1.82, 2.24) is 0 Å². The molecule has 0 saturated carbocycles. The number of nitriles is 1. The van der Waals surface area contributed by atoms with Gasteiger partial charge in [-0.15, -0.1) is 0 Å². The number of nitrogens with zero attached hydrogens (tertiary/aromatic N) is 1.